The van der Waals surface area contributed by atoms with E-state index in [1.165, 1.54) is 11.3 Å². The van der Waals surface area contributed by atoms with Gasteiger partial charge in [0.25, 0.3) is 0 Å². The number of esters is 1. The van der Waals surface area contributed by atoms with Crippen LogP contribution in [0.15, 0.2) is 54.6 Å². The summed E-state index contributed by atoms with van der Waals surface area (Å²) >= 11 is 2.87. The second-order valence-corrected chi connectivity index (χ2v) is 8.33. The molecule has 1 aliphatic heterocycles. The lowest BCUT2D eigenvalue weighted by molar-refractivity contribution is 0.0479. The van der Waals surface area contributed by atoms with Gasteiger partial charge in [0.2, 0.25) is 6.79 Å². The molecule has 29 heavy (non-hydrogen) atoms. The number of Topliss-reactive ketones (excluding diaryl/α,β-unsaturated/α-hetero) is 1. The molecule has 1 aliphatic rings. The number of rotatable bonds is 5. The highest BCUT2D eigenvalue weighted by molar-refractivity contribution is 7.26. The van der Waals surface area contributed by atoms with Gasteiger partial charge >= 0.3 is 5.97 Å². The van der Waals surface area contributed by atoms with Crippen molar-refractivity contribution in [1.29, 1.82) is 0 Å². The molecule has 2 aromatic carbocycles. The van der Waals surface area contributed by atoms with Gasteiger partial charge in [0, 0.05) is 5.56 Å². The molecule has 4 aromatic rings. The molecule has 6 nitrogen and oxygen atoms in total. The number of hydrogen-bond donors (Lipinski definition) is 0. The van der Waals surface area contributed by atoms with Crippen LogP contribution in [0.3, 0.4) is 0 Å². The fraction of sp³-hybridized carbons (Fsp3) is 0.0952. The van der Waals surface area contributed by atoms with Gasteiger partial charge < -0.3 is 14.2 Å². The molecule has 8 heteroatoms. The second kappa shape index (κ2) is 7.31. The predicted molar refractivity (Wildman–Crippen MR) is 110 cm³/mol. The van der Waals surface area contributed by atoms with Crippen molar-refractivity contribution in [1.82, 2.24) is 4.98 Å². The van der Waals surface area contributed by atoms with Crippen molar-refractivity contribution in [2.24, 2.45) is 0 Å². The lowest BCUT2D eigenvalue weighted by Gasteiger charge is -2.04. The number of thiophene rings is 1. The van der Waals surface area contributed by atoms with Crippen LogP contribution in [0, 0.1) is 0 Å². The maximum absolute atomic E-state index is 12.4. The fourth-order valence-corrected chi connectivity index (χ4v) is 4.82. The zero-order valence-electron chi connectivity index (χ0n) is 14.9. The zero-order valence-corrected chi connectivity index (χ0v) is 16.5. The molecule has 0 saturated heterocycles. The fourth-order valence-electron chi connectivity index (χ4n) is 2.90. The van der Waals surface area contributed by atoms with Gasteiger partial charge in [0.15, 0.2) is 23.9 Å². The number of para-hydroxylation sites is 1. The Morgan fingerprint density at radius 1 is 1.00 bits per heavy atom. The monoisotopic (exact) mass is 423 g/mol. The average Bonchev–Trinajstić information content (AvgIpc) is 3.49. The van der Waals surface area contributed by atoms with Gasteiger partial charge in [-0.15, -0.1) is 22.7 Å². The minimum Gasteiger partial charge on any atom is -0.454 e. The maximum atomic E-state index is 12.4. The highest BCUT2D eigenvalue weighted by atomic mass is 32.1. The Kier molecular flexibility index (Phi) is 4.49. The van der Waals surface area contributed by atoms with E-state index < -0.39 is 5.97 Å². The number of carbonyl (C=O) groups excluding carboxylic acids is 2. The molecule has 0 saturated carbocycles. The van der Waals surface area contributed by atoms with Crippen LogP contribution in [0.4, 0.5) is 0 Å². The minimum absolute atomic E-state index is 0.136. The Morgan fingerprint density at radius 2 is 1.86 bits per heavy atom. The number of thiazole rings is 1. The molecule has 0 atom stereocenters. The summed E-state index contributed by atoms with van der Waals surface area (Å²) in [7, 11) is 0. The standard InChI is InChI=1S/C21H13NO5S2/c23-14(12-5-6-15-16(9-12)27-11-26-15)10-25-21(24)19-8-7-18(28-19)20-22-13-3-1-2-4-17(13)29-20/h1-9H,10-11H2. The van der Waals surface area contributed by atoms with E-state index >= 15 is 0 Å². The number of nitrogens with zero attached hydrogens (tertiary/aromatic N) is 1. The van der Waals surface area contributed by atoms with E-state index in [0.717, 1.165) is 20.1 Å². The topological polar surface area (TPSA) is 74.7 Å². The van der Waals surface area contributed by atoms with Crippen molar-refractivity contribution in [3.63, 3.8) is 0 Å². The summed E-state index contributed by atoms with van der Waals surface area (Å²) in [4.78, 5) is 30.6. The van der Waals surface area contributed by atoms with Crippen LogP contribution in [-0.4, -0.2) is 30.1 Å². The van der Waals surface area contributed by atoms with Crippen molar-refractivity contribution < 1.29 is 23.8 Å². The summed E-state index contributed by atoms with van der Waals surface area (Å²) in [6.07, 6.45) is 0. The van der Waals surface area contributed by atoms with Crippen molar-refractivity contribution in [3.05, 3.63) is 65.0 Å². The van der Waals surface area contributed by atoms with Crippen LogP contribution in [0.5, 0.6) is 11.5 Å². The van der Waals surface area contributed by atoms with Gasteiger partial charge in [-0.25, -0.2) is 9.78 Å². The number of ether oxygens (including phenoxy) is 3. The van der Waals surface area contributed by atoms with E-state index in [-0.39, 0.29) is 19.2 Å². The molecule has 2 aromatic heterocycles. The Hall–Kier alpha value is -3.23. The molecule has 0 bridgehead atoms. The Bertz CT molecular complexity index is 1210. The lowest BCUT2D eigenvalue weighted by Crippen LogP contribution is -2.13. The third-order valence-corrected chi connectivity index (χ3v) is 6.61. The summed E-state index contributed by atoms with van der Waals surface area (Å²) in [6.45, 7) is -0.204. The zero-order chi connectivity index (χ0) is 19.8. The second-order valence-electron chi connectivity index (χ2n) is 6.22. The van der Waals surface area contributed by atoms with E-state index in [4.69, 9.17) is 14.2 Å². The van der Waals surface area contributed by atoms with Gasteiger partial charge in [-0.05, 0) is 42.5 Å². The molecule has 144 valence electrons. The number of fused-ring (bicyclic) bond motifs is 2. The number of benzene rings is 2. The first-order chi connectivity index (χ1) is 14.2. The maximum Gasteiger partial charge on any atom is 0.348 e. The molecule has 0 fully saturated rings. The predicted octanol–water partition coefficient (Wildman–Crippen LogP) is 4.79. The number of aromatic nitrogens is 1. The Balaban J connectivity index is 1.26. The number of hydrogen-bond acceptors (Lipinski definition) is 8. The lowest BCUT2D eigenvalue weighted by atomic mass is 10.1. The molecule has 0 N–H and O–H groups in total. The van der Waals surface area contributed by atoms with Crippen molar-refractivity contribution >= 4 is 44.6 Å². The highest BCUT2D eigenvalue weighted by Crippen LogP contribution is 2.35. The number of ketones is 1. The van der Waals surface area contributed by atoms with Gasteiger partial charge in [-0.1, -0.05) is 12.1 Å². The van der Waals surface area contributed by atoms with Crippen LogP contribution in [0.2, 0.25) is 0 Å². The van der Waals surface area contributed by atoms with E-state index in [0.29, 0.717) is 21.9 Å². The van der Waals surface area contributed by atoms with Crippen LogP contribution in [-0.2, 0) is 4.74 Å². The summed E-state index contributed by atoms with van der Waals surface area (Å²) in [5.41, 5.74) is 1.34. The van der Waals surface area contributed by atoms with Crippen LogP contribution >= 0.6 is 22.7 Å². The van der Waals surface area contributed by atoms with Gasteiger partial charge in [-0.2, -0.15) is 0 Å². The smallest absolute Gasteiger partial charge is 0.348 e. The van der Waals surface area contributed by atoms with Crippen LogP contribution in [0.1, 0.15) is 20.0 Å². The molecule has 0 aliphatic carbocycles. The summed E-state index contributed by atoms with van der Waals surface area (Å²) in [5, 5.41) is 0.853. The van der Waals surface area contributed by atoms with Crippen molar-refractivity contribution in [3.8, 4) is 21.4 Å². The van der Waals surface area contributed by atoms with Crippen molar-refractivity contribution in [2.75, 3.05) is 13.4 Å². The van der Waals surface area contributed by atoms with Gasteiger partial charge in [0.1, 0.15) is 9.88 Å². The van der Waals surface area contributed by atoms with Gasteiger partial charge in [-0.3, -0.25) is 4.79 Å². The first kappa shape index (κ1) is 17.8. The van der Waals surface area contributed by atoms with Gasteiger partial charge in [0.05, 0.1) is 15.1 Å². The largest absolute Gasteiger partial charge is 0.454 e. The Labute approximate surface area is 173 Å². The quantitative estimate of drug-likeness (QED) is 0.339. The third kappa shape index (κ3) is 3.48. The number of carbonyl (C=O) groups is 2. The van der Waals surface area contributed by atoms with Crippen molar-refractivity contribution in [2.45, 2.75) is 0 Å². The molecule has 3 heterocycles. The molecule has 0 radical (unpaired) electrons. The third-order valence-electron chi connectivity index (χ3n) is 4.34. The summed E-state index contributed by atoms with van der Waals surface area (Å²) in [5.74, 6) is 0.275. The molecule has 0 unspecified atom stereocenters. The first-order valence-electron chi connectivity index (χ1n) is 8.73. The van der Waals surface area contributed by atoms with E-state index in [2.05, 4.69) is 4.98 Å². The molecular weight excluding hydrogens is 410 g/mol. The van der Waals surface area contributed by atoms with E-state index in [9.17, 15) is 9.59 Å². The van der Waals surface area contributed by atoms with E-state index in [1.54, 1.807) is 35.6 Å². The summed E-state index contributed by atoms with van der Waals surface area (Å²) < 4.78 is 16.8. The minimum atomic E-state index is -0.531. The van der Waals surface area contributed by atoms with E-state index in [1.807, 2.05) is 30.3 Å². The highest BCUT2D eigenvalue weighted by Gasteiger charge is 2.19. The molecule has 5 rings (SSSR count). The van der Waals surface area contributed by atoms with Crippen LogP contribution in [0.25, 0.3) is 20.1 Å². The molecular formula is C21H13NO5S2. The first-order valence-corrected chi connectivity index (χ1v) is 10.4. The Morgan fingerprint density at radius 3 is 2.76 bits per heavy atom. The van der Waals surface area contributed by atoms with Crippen LogP contribution < -0.4 is 9.47 Å². The SMILES string of the molecule is O=C(COC(=O)c1ccc(-c2nc3ccccc3s2)s1)c1ccc2c(c1)OCO2. The average molecular weight is 423 g/mol. The summed E-state index contributed by atoms with van der Waals surface area (Å²) in [6, 6.07) is 16.3. The molecule has 0 amide bonds. The molecule has 0 spiro atoms. The normalized spacial score (nSPS) is 12.3.